The Balaban J connectivity index is 1.42. The van der Waals surface area contributed by atoms with Crippen LogP contribution in [0.15, 0.2) is 24.3 Å². The van der Waals surface area contributed by atoms with E-state index in [0.29, 0.717) is 12.0 Å². The molecule has 3 aliphatic carbocycles. The van der Waals surface area contributed by atoms with Crippen molar-refractivity contribution in [2.24, 2.45) is 29.5 Å². The topological polar surface area (TPSA) is 38.0 Å². The summed E-state index contributed by atoms with van der Waals surface area (Å²) in [5, 5.41) is 0. The lowest BCUT2D eigenvalue weighted by Gasteiger charge is -2.29. The van der Waals surface area contributed by atoms with Crippen molar-refractivity contribution in [3.63, 3.8) is 0 Å². The highest BCUT2D eigenvalue weighted by molar-refractivity contribution is 5.32. The van der Waals surface area contributed by atoms with Gasteiger partial charge in [-0.25, -0.2) is 0 Å². The molecule has 2 fully saturated rings. The van der Waals surface area contributed by atoms with Crippen molar-refractivity contribution in [3.05, 3.63) is 35.4 Å². The average molecular weight is 270 g/mol. The molecule has 2 heteroatoms. The number of fused-ring (bicyclic) bond motifs is 3. The molecule has 0 aromatic heterocycles. The lowest BCUT2D eigenvalue weighted by Crippen LogP contribution is -2.43. The van der Waals surface area contributed by atoms with E-state index in [0.717, 1.165) is 17.8 Å². The zero-order valence-corrected chi connectivity index (χ0v) is 12.2. The van der Waals surface area contributed by atoms with E-state index in [1.54, 1.807) is 11.1 Å². The maximum Gasteiger partial charge on any atom is 0.0247 e. The first-order valence-electron chi connectivity index (χ1n) is 8.36. The van der Waals surface area contributed by atoms with E-state index >= 15 is 0 Å². The normalized spacial score (nSPS) is 33.5. The minimum Gasteiger partial charge on any atom is -0.271 e. The minimum absolute atomic E-state index is 0.506. The fourth-order valence-corrected chi connectivity index (χ4v) is 5.27. The standard InChI is InChI=1S/C18H26N2/c19-20-18(11-16-8-12-5-6-15(16)7-12)17-9-13-3-1-2-4-14(13)10-17/h1-4,12,15-18,20H,5-11,19H2. The molecule has 0 heterocycles. The Bertz CT molecular complexity index is 459. The zero-order chi connectivity index (χ0) is 13.5. The molecule has 1 aromatic carbocycles. The molecule has 2 saturated carbocycles. The molecule has 20 heavy (non-hydrogen) atoms. The van der Waals surface area contributed by atoms with Crippen LogP contribution in [0, 0.1) is 23.7 Å². The van der Waals surface area contributed by atoms with Crippen LogP contribution in [-0.2, 0) is 12.8 Å². The number of nitrogens with one attached hydrogen (secondary N) is 1. The van der Waals surface area contributed by atoms with Crippen molar-refractivity contribution in [1.29, 1.82) is 0 Å². The lowest BCUT2D eigenvalue weighted by molar-refractivity contribution is 0.239. The van der Waals surface area contributed by atoms with Crippen LogP contribution in [0.2, 0.25) is 0 Å². The summed E-state index contributed by atoms with van der Waals surface area (Å²) in [6.07, 6.45) is 9.69. The second kappa shape index (κ2) is 5.16. The van der Waals surface area contributed by atoms with Crippen molar-refractivity contribution in [2.45, 2.75) is 51.0 Å². The highest BCUT2D eigenvalue weighted by Crippen LogP contribution is 2.50. The fourth-order valence-electron chi connectivity index (χ4n) is 5.27. The summed E-state index contributed by atoms with van der Waals surface area (Å²) in [5.41, 5.74) is 6.26. The highest BCUT2D eigenvalue weighted by atomic mass is 15.2. The van der Waals surface area contributed by atoms with Gasteiger partial charge in [0, 0.05) is 6.04 Å². The summed E-state index contributed by atoms with van der Waals surface area (Å²) in [6, 6.07) is 9.43. The van der Waals surface area contributed by atoms with Gasteiger partial charge in [-0.3, -0.25) is 11.3 Å². The molecular weight excluding hydrogens is 244 g/mol. The Morgan fingerprint density at radius 1 is 1.10 bits per heavy atom. The van der Waals surface area contributed by atoms with Crippen LogP contribution in [0.25, 0.3) is 0 Å². The van der Waals surface area contributed by atoms with Gasteiger partial charge in [-0.1, -0.05) is 30.7 Å². The van der Waals surface area contributed by atoms with Gasteiger partial charge < -0.3 is 0 Å². The first-order valence-corrected chi connectivity index (χ1v) is 8.36. The van der Waals surface area contributed by atoms with E-state index in [9.17, 15) is 0 Å². The third-order valence-corrected chi connectivity index (χ3v) is 6.31. The van der Waals surface area contributed by atoms with Crippen molar-refractivity contribution < 1.29 is 0 Å². The van der Waals surface area contributed by atoms with Gasteiger partial charge >= 0.3 is 0 Å². The van der Waals surface area contributed by atoms with Gasteiger partial charge in [0.25, 0.3) is 0 Å². The molecule has 0 amide bonds. The molecule has 2 nitrogen and oxygen atoms in total. The van der Waals surface area contributed by atoms with Crippen LogP contribution in [0.3, 0.4) is 0 Å². The molecule has 0 radical (unpaired) electrons. The second-order valence-electron chi connectivity index (χ2n) is 7.38. The number of benzene rings is 1. The Hall–Kier alpha value is -0.860. The van der Waals surface area contributed by atoms with Gasteiger partial charge in [-0.15, -0.1) is 0 Å². The number of nitrogens with two attached hydrogens (primary N) is 1. The molecule has 4 atom stereocenters. The number of rotatable bonds is 4. The average Bonchev–Trinajstić information content (AvgIpc) is 3.18. The molecule has 4 rings (SSSR count). The number of hydrazine groups is 1. The van der Waals surface area contributed by atoms with Crippen LogP contribution in [-0.4, -0.2) is 6.04 Å². The first-order chi connectivity index (χ1) is 9.83. The van der Waals surface area contributed by atoms with E-state index in [1.807, 2.05) is 0 Å². The minimum atomic E-state index is 0.506. The molecule has 0 spiro atoms. The summed E-state index contributed by atoms with van der Waals surface area (Å²) in [5.74, 6) is 9.62. The molecule has 1 aromatic rings. The van der Waals surface area contributed by atoms with Gasteiger partial charge in [-0.2, -0.15) is 0 Å². The molecule has 3 N–H and O–H groups in total. The van der Waals surface area contributed by atoms with E-state index in [4.69, 9.17) is 5.84 Å². The third kappa shape index (κ3) is 2.19. The van der Waals surface area contributed by atoms with Crippen LogP contribution < -0.4 is 11.3 Å². The second-order valence-corrected chi connectivity index (χ2v) is 7.38. The smallest absolute Gasteiger partial charge is 0.0247 e. The largest absolute Gasteiger partial charge is 0.271 e. The van der Waals surface area contributed by atoms with Gasteiger partial charge in [-0.05, 0) is 73.3 Å². The predicted octanol–water partition coefficient (Wildman–Crippen LogP) is 3.06. The summed E-state index contributed by atoms with van der Waals surface area (Å²) < 4.78 is 0. The van der Waals surface area contributed by atoms with E-state index in [2.05, 4.69) is 29.7 Å². The van der Waals surface area contributed by atoms with E-state index in [1.165, 1.54) is 44.9 Å². The highest BCUT2D eigenvalue weighted by Gasteiger charge is 2.41. The van der Waals surface area contributed by atoms with Crippen molar-refractivity contribution in [1.82, 2.24) is 5.43 Å². The fraction of sp³-hybridized carbons (Fsp3) is 0.667. The molecule has 3 aliphatic rings. The van der Waals surface area contributed by atoms with Crippen molar-refractivity contribution >= 4 is 0 Å². The van der Waals surface area contributed by atoms with E-state index in [-0.39, 0.29) is 0 Å². The maximum absolute atomic E-state index is 5.91. The Labute approximate surface area is 122 Å². The molecule has 0 aliphatic heterocycles. The van der Waals surface area contributed by atoms with Crippen LogP contribution in [0.1, 0.15) is 43.2 Å². The molecule has 108 valence electrons. The number of hydrogen-bond acceptors (Lipinski definition) is 2. The quantitative estimate of drug-likeness (QED) is 0.652. The van der Waals surface area contributed by atoms with E-state index < -0.39 is 0 Å². The monoisotopic (exact) mass is 270 g/mol. The third-order valence-electron chi connectivity index (χ3n) is 6.31. The Kier molecular flexibility index (Phi) is 3.31. The van der Waals surface area contributed by atoms with Gasteiger partial charge in [0.1, 0.15) is 0 Å². The first kappa shape index (κ1) is 12.8. The summed E-state index contributed by atoms with van der Waals surface area (Å²) in [4.78, 5) is 0. The van der Waals surface area contributed by atoms with Crippen LogP contribution in [0.4, 0.5) is 0 Å². The molecular formula is C18H26N2. The molecule has 4 unspecified atom stereocenters. The van der Waals surface area contributed by atoms with Crippen LogP contribution >= 0.6 is 0 Å². The number of hydrogen-bond donors (Lipinski definition) is 2. The van der Waals surface area contributed by atoms with Gasteiger partial charge in [0.05, 0.1) is 0 Å². The van der Waals surface area contributed by atoms with Gasteiger partial charge in [0.2, 0.25) is 0 Å². The van der Waals surface area contributed by atoms with Crippen LogP contribution in [0.5, 0.6) is 0 Å². The maximum atomic E-state index is 5.91. The van der Waals surface area contributed by atoms with Crippen molar-refractivity contribution in [3.8, 4) is 0 Å². The van der Waals surface area contributed by atoms with Crippen molar-refractivity contribution in [2.75, 3.05) is 0 Å². The SMILES string of the molecule is NNC(CC1CC2CCC1C2)C1Cc2ccccc2C1. The molecule has 2 bridgehead atoms. The summed E-state index contributed by atoms with van der Waals surface area (Å²) >= 11 is 0. The molecule has 0 saturated heterocycles. The Morgan fingerprint density at radius 3 is 2.40 bits per heavy atom. The zero-order valence-electron chi connectivity index (χ0n) is 12.2. The van der Waals surface area contributed by atoms with Gasteiger partial charge in [0.15, 0.2) is 0 Å². The Morgan fingerprint density at radius 2 is 1.85 bits per heavy atom. The summed E-state index contributed by atoms with van der Waals surface area (Å²) in [6.45, 7) is 0. The predicted molar refractivity (Wildman–Crippen MR) is 82.0 cm³/mol. The summed E-state index contributed by atoms with van der Waals surface area (Å²) in [7, 11) is 0. The lowest BCUT2D eigenvalue weighted by atomic mass is 9.80.